The fraction of sp³-hybridized carbons (Fsp3) is 0.231. The summed E-state index contributed by atoms with van der Waals surface area (Å²) in [5.41, 5.74) is 7.17. The Bertz CT molecular complexity index is 673. The van der Waals surface area contributed by atoms with Crippen molar-refractivity contribution >= 4 is 29.3 Å². The number of aromatic nitrogens is 3. The molecule has 0 aliphatic carbocycles. The minimum absolute atomic E-state index is 0.144. The van der Waals surface area contributed by atoms with Gasteiger partial charge in [0.2, 0.25) is 11.9 Å². The molecule has 1 aromatic carbocycles. The SMILES string of the molecule is Cn1c(N)nnc1SCC(=O)Nc1ccc(CC#N)cc1. The van der Waals surface area contributed by atoms with Crippen LogP contribution in [0.15, 0.2) is 29.4 Å². The molecule has 3 N–H and O–H groups in total. The van der Waals surface area contributed by atoms with Crippen LogP contribution in [0.3, 0.4) is 0 Å². The lowest BCUT2D eigenvalue weighted by Crippen LogP contribution is -2.14. The largest absolute Gasteiger partial charge is 0.368 e. The Morgan fingerprint density at radius 2 is 2.14 bits per heavy atom. The van der Waals surface area contributed by atoms with E-state index in [1.807, 2.05) is 12.1 Å². The number of rotatable bonds is 5. The van der Waals surface area contributed by atoms with Gasteiger partial charge in [-0.25, -0.2) is 0 Å². The van der Waals surface area contributed by atoms with E-state index in [1.165, 1.54) is 11.8 Å². The predicted molar refractivity (Wildman–Crippen MR) is 80.5 cm³/mol. The van der Waals surface area contributed by atoms with E-state index in [4.69, 9.17) is 11.0 Å². The lowest BCUT2D eigenvalue weighted by atomic mass is 10.1. The zero-order valence-electron chi connectivity index (χ0n) is 11.4. The molecule has 1 amide bonds. The first-order valence-corrected chi connectivity index (χ1v) is 7.12. The Hall–Kier alpha value is -2.53. The number of nitrogens with two attached hydrogens (primary N) is 1. The molecule has 0 bridgehead atoms. The molecule has 0 spiro atoms. The van der Waals surface area contributed by atoms with E-state index >= 15 is 0 Å². The molecular formula is C13H14N6OS. The quantitative estimate of drug-likeness (QED) is 0.803. The maximum Gasteiger partial charge on any atom is 0.234 e. The Kier molecular flexibility index (Phi) is 4.79. The zero-order valence-corrected chi connectivity index (χ0v) is 12.2. The summed E-state index contributed by atoms with van der Waals surface area (Å²) in [6.07, 6.45) is 0.359. The summed E-state index contributed by atoms with van der Waals surface area (Å²) in [5.74, 6) is 0.381. The molecule has 8 heteroatoms. The van der Waals surface area contributed by atoms with Gasteiger partial charge in [0, 0.05) is 12.7 Å². The van der Waals surface area contributed by atoms with E-state index in [9.17, 15) is 4.79 Å². The normalized spacial score (nSPS) is 10.1. The number of carbonyl (C=O) groups excluding carboxylic acids is 1. The number of carbonyl (C=O) groups is 1. The lowest BCUT2D eigenvalue weighted by Gasteiger charge is -2.05. The Morgan fingerprint density at radius 3 is 2.71 bits per heavy atom. The Morgan fingerprint density at radius 1 is 1.43 bits per heavy atom. The Labute approximate surface area is 126 Å². The average molecular weight is 302 g/mol. The first-order valence-electron chi connectivity index (χ1n) is 6.13. The molecule has 2 rings (SSSR count). The summed E-state index contributed by atoms with van der Waals surface area (Å²) < 4.78 is 1.62. The maximum atomic E-state index is 11.8. The van der Waals surface area contributed by atoms with Gasteiger partial charge in [-0.05, 0) is 17.7 Å². The molecule has 1 aromatic heterocycles. The van der Waals surface area contributed by atoms with Crippen LogP contribution in [0.4, 0.5) is 11.6 Å². The molecule has 0 saturated carbocycles. The highest BCUT2D eigenvalue weighted by Crippen LogP contribution is 2.17. The van der Waals surface area contributed by atoms with Crippen molar-refractivity contribution in [3.8, 4) is 6.07 Å². The van der Waals surface area contributed by atoms with Crippen LogP contribution in [0.5, 0.6) is 0 Å². The van der Waals surface area contributed by atoms with Crippen molar-refractivity contribution in [2.45, 2.75) is 11.6 Å². The minimum Gasteiger partial charge on any atom is -0.368 e. The molecule has 0 unspecified atom stereocenters. The second-order valence-electron chi connectivity index (χ2n) is 4.27. The van der Waals surface area contributed by atoms with Crippen LogP contribution in [0.2, 0.25) is 0 Å². The van der Waals surface area contributed by atoms with E-state index in [0.29, 0.717) is 23.2 Å². The molecule has 0 saturated heterocycles. The second kappa shape index (κ2) is 6.76. The van der Waals surface area contributed by atoms with E-state index in [2.05, 4.69) is 21.6 Å². The molecule has 2 aromatic rings. The Balaban J connectivity index is 1.87. The highest BCUT2D eigenvalue weighted by molar-refractivity contribution is 7.99. The van der Waals surface area contributed by atoms with Gasteiger partial charge in [-0.2, -0.15) is 5.26 Å². The third-order valence-electron chi connectivity index (χ3n) is 2.72. The van der Waals surface area contributed by atoms with Crippen molar-refractivity contribution in [1.82, 2.24) is 14.8 Å². The van der Waals surface area contributed by atoms with Crippen LogP contribution < -0.4 is 11.1 Å². The van der Waals surface area contributed by atoms with Crippen molar-refractivity contribution in [2.75, 3.05) is 16.8 Å². The zero-order chi connectivity index (χ0) is 15.2. The van der Waals surface area contributed by atoms with Gasteiger partial charge in [0.1, 0.15) is 0 Å². The summed E-state index contributed by atoms with van der Waals surface area (Å²) in [6, 6.07) is 9.25. The number of nitrogen functional groups attached to an aromatic ring is 1. The smallest absolute Gasteiger partial charge is 0.234 e. The molecular weight excluding hydrogens is 288 g/mol. The van der Waals surface area contributed by atoms with Gasteiger partial charge >= 0.3 is 0 Å². The van der Waals surface area contributed by atoms with Gasteiger partial charge in [0.15, 0.2) is 5.16 Å². The molecule has 108 valence electrons. The van der Waals surface area contributed by atoms with Crippen LogP contribution in [-0.4, -0.2) is 26.4 Å². The molecule has 1 heterocycles. The van der Waals surface area contributed by atoms with Gasteiger partial charge in [0.25, 0.3) is 0 Å². The van der Waals surface area contributed by atoms with Crippen LogP contribution in [0.25, 0.3) is 0 Å². The lowest BCUT2D eigenvalue weighted by molar-refractivity contribution is -0.113. The molecule has 7 nitrogen and oxygen atoms in total. The topological polar surface area (TPSA) is 110 Å². The van der Waals surface area contributed by atoms with Gasteiger partial charge in [0.05, 0.1) is 18.2 Å². The van der Waals surface area contributed by atoms with Crippen molar-refractivity contribution in [3.63, 3.8) is 0 Å². The first-order chi connectivity index (χ1) is 10.1. The summed E-state index contributed by atoms with van der Waals surface area (Å²) in [5, 5.41) is 19.5. The molecule has 0 fully saturated rings. The van der Waals surface area contributed by atoms with E-state index in [0.717, 1.165) is 5.56 Å². The van der Waals surface area contributed by atoms with Crippen molar-refractivity contribution < 1.29 is 4.79 Å². The number of hydrogen-bond donors (Lipinski definition) is 2. The molecule has 0 atom stereocenters. The van der Waals surface area contributed by atoms with E-state index in [-0.39, 0.29) is 11.7 Å². The number of nitrogens with one attached hydrogen (secondary N) is 1. The number of benzene rings is 1. The van der Waals surface area contributed by atoms with Crippen molar-refractivity contribution in [3.05, 3.63) is 29.8 Å². The van der Waals surface area contributed by atoms with Gasteiger partial charge < -0.3 is 11.1 Å². The fourth-order valence-corrected chi connectivity index (χ4v) is 2.29. The standard InChI is InChI=1S/C13H14N6OS/c1-19-12(15)17-18-13(19)21-8-11(20)16-10-4-2-9(3-5-10)6-7-14/h2-5H,6,8H2,1H3,(H2,15,17)(H,16,20). The number of anilines is 2. The van der Waals surface area contributed by atoms with Crippen LogP contribution in [0, 0.1) is 11.3 Å². The van der Waals surface area contributed by atoms with Crippen LogP contribution in [-0.2, 0) is 18.3 Å². The van der Waals surface area contributed by atoms with E-state index < -0.39 is 0 Å². The van der Waals surface area contributed by atoms with Crippen LogP contribution >= 0.6 is 11.8 Å². The molecule has 0 aliphatic heterocycles. The third-order valence-corrected chi connectivity index (χ3v) is 3.74. The first kappa shape index (κ1) is 14.9. The molecule has 0 aliphatic rings. The summed E-state index contributed by atoms with van der Waals surface area (Å²) in [7, 11) is 1.74. The average Bonchev–Trinajstić information content (AvgIpc) is 2.79. The van der Waals surface area contributed by atoms with Crippen molar-refractivity contribution in [2.24, 2.45) is 7.05 Å². The van der Waals surface area contributed by atoms with Gasteiger partial charge in [-0.1, -0.05) is 23.9 Å². The summed E-state index contributed by atoms with van der Waals surface area (Å²) in [6.45, 7) is 0. The van der Waals surface area contributed by atoms with Crippen molar-refractivity contribution in [1.29, 1.82) is 5.26 Å². The molecule has 0 radical (unpaired) electrons. The summed E-state index contributed by atoms with van der Waals surface area (Å²) >= 11 is 1.26. The predicted octanol–water partition coefficient (Wildman–Crippen LogP) is 1.19. The molecule has 21 heavy (non-hydrogen) atoms. The van der Waals surface area contributed by atoms with Gasteiger partial charge in [-0.15, -0.1) is 10.2 Å². The van der Waals surface area contributed by atoms with Crippen LogP contribution in [0.1, 0.15) is 5.56 Å². The monoisotopic (exact) mass is 302 g/mol. The number of nitrogens with zero attached hydrogens (tertiary/aromatic N) is 4. The number of nitriles is 1. The number of hydrogen-bond acceptors (Lipinski definition) is 6. The highest BCUT2D eigenvalue weighted by Gasteiger charge is 2.09. The summed E-state index contributed by atoms with van der Waals surface area (Å²) in [4.78, 5) is 11.8. The fourth-order valence-electron chi connectivity index (χ4n) is 1.58. The second-order valence-corrected chi connectivity index (χ2v) is 5.21. The number of thioether (sulfide) groups is 1. The van der Waals surface area contributed by atoms with Gasteiger partial charge in [-0.3, -0.25) is 9.36 Å². The number of amides is 1. The third kappa shape index (κ3) is 3.97. The maximum absolute atomic E-state index is 11.8. The minimum atomic E-state index is -0.144. The highest BCUT2D eigenvalue weighted by atomic mass is 32.2. The van der Waals surface area contributed by atoms with E-state index in [1.54, 1.807) is 23.7 Å².